The number of thioether (sulfide) groups is 1. The largest absolute Gasteiger partial charge is 0.494 e. The van der Waals surface area contributed by atoms with Gasteiger partial charge in [0.05, 0.1) is 35.8 Å². The highest BCUT2D eigenvalue weighted by molar-refractivity contribution is 8.15. The van der Waals surface area contributed by atoms with Crippen molar-refractivity contribution in [1.29, 1.82) is 0 Å². The number of benzene rings is 1. The van der Waals surface area contributed by atoms with Gasteiger partial charge in [0, 0.05) is 0 Å². The van der Waals surface area contributed by atoms with Gasteiger partial charge in [-0.1, -0.05) is 23.9 Å². The minimum atomic E-state index is -0.535. The average molecular weight is 374 g/mol. The van der Waals surface area contributed by atoms with Crippen molar-refractivity contribution in [2.24, 2.45) is 4.99 Å². The van der Waals surface area contributed by atoms with Crippen molar-refractivity contribution in [3.63, 3.8) is 0 Å². The second-order valence-electron chi connectivity index (χ2n) is 6.30. The number of aliphatic imine (C=N–C) groups is 1. The van der Waals surface area contributed by atoms with Gasteiger partial charge in [-0.2, -0.15) is 0 Å². The van der Waals surface area contributed by atoms with Crippen LogP contribution in [0.2, 0.25) is 0 Å². The maximum atomic E-state index is 12.7. The van der Waals surface area contributed by atoms with Crippen molar-refractivity contribution in [3.05, 3.63) is 41.1 Å². The molecule has 1 fully saturated rings. The fourth-order valence-corrected chi connectivity index (χ4v) is 3.95. The van der Waals surface area contributed by atoms with Crippen molar-refractivity contribution in [2.75, 3.05) is 12.4 Å². The Morgan fingerprint density at radius 1 is 1.35 bits per heavy atom. The molecule has 1 aromatic rings. The van der Waals surface area contributed by atoms with Crippen LogP contribution in [0.5, 0.6) is 5.75 Å². The monoisotopic (exact) mass is 374 g/mol. The number of fused-ring (bicyclic) bond motifs is 1. The molecule has 0 aliphatic carbocycles. The molecule has 0 N–H and O–H groups in total. The molecule has 0 spiro atoms. The first kappa shape index (κ1) is 18.5. The summed E-state index contributed by atoms with van der Waals surface area (Å²) in [4.78, 5) is 31.3. The summed E-state index contributed by atoms with van der Waals surface area (Å²) in [6.07, 6.45) is -0.252. The number of esters is 1. The van der Waals surface area contributed by atoms with Crippen molar-refractivity contribution < 1.29 is 19.1 Å². The number of carbonyl (C=O) groups is 2. The van der Waals surface area contributed by atoms with E-state index < -0.39 is 12.0 Å². The molecule has 2 heterocycles. The third kappa shape index (κ3) is 3.49. The van der Waals surface area contributed by atoms with Crippen LogP contribution >= 0.6 is 11.8 Å². The van der Waals surface area contributed by atoms with E-state index in [1.54, 1.807) is 25.7 Å². The highest BCUT2D eigenvalue weighted by atomic mass is 32.2. The fraction of sp³-hybridized carbons (Fsp3) is 0.421. The van der Waals surface area contributed by atoms with Crippen molar-refractivity contribution in [3.8, 4) is 5.75 Å². The standard InChI is InChI=1S/C19H22N2O4S/c1-5-24-14-8-6-13(7-9-14)17-16(18(23)25-11(2)3)12(4)20-19-21(17)15(22)10-26-19/h6-9,11,17H,5,10H2,1-4H3/t17-/m1/s1. The van der Waals surface area contributed by atoms with Crippen LogP contribution in [0.3, 0.4) is 0 Å². The zero-order valence-electron chi connectivity index (χ0n) is 15.3. The van der Waals surface area contributed by atoms with E-state index in [4.69, 9.17) is 9.47 Å². The van der Waals surface area contributed by atoms with Crippen LogP contribution in [0, 0.1) is 0 Å². The molecular weight excluding hydrogens is 352 g/mol. The van der Waals surface area contributed by atoms with Crippen LogP contribution < -0.4 is 4.74 Å². The Labute approximate surface area is 157 Å². The van der Waals surface area contributed by atoms with Gasteiger partial charge in [-0.25, -0.2) is 9.79 Å². The average Bonchev–Trinajstić information content (AvgIpc) is 2.94. The first-order chi connectivity index (χ1) is 12.4. The second kappa shape index (κ2) is 7.53. The predicted octanol–water partition coefficient (Wildman–Crippen LogP) is 3.30. The molecule has 3 rings (SSSR count). The molecule has 0 saturated carbocycles. The molecule has 2 aliphatic rings. The maximum absolute atomic E-state index is 12.7. The van der Waals surface area contributed by atoms with E-state index in [0.717, 1.165) is 11.3 Å². The van der Waals surface area contributed by atoms with Gasteiger partial charge in [-0.05, 0) is 45.4 Å². The number of carbonyl (C=O) groups excluding carboxylic acids is 2. The molecule has 1 aromatic carbocycles. The topological polar surface area (TPSA) is 68.2 Å². The summed E-state index contributed by atoms with van der Waals surface area (Å²) >= 11 is 1.39. The minimum absolute atomic E-state index is 0.0602. The first-order valence-electron chi connectivity index (χ1n) is 8.60. The van der Waals surface area contributed by atoms with Gasteiger partial charge in [-0.15, -0.1) is 0 Å². The van der Waals surface area contributed by atoms with Crippen molar-refractivity contribution in [1.82, 2.24) is 4.90 Å². The zero-order valence-corrected chi connectivity index (χ0v) is 16.1. The quantitative estimate of drug-likeness (QED) is 0.740. The molecule has 0 aromatic heterocycles. The van der Waals surface area contributed by atoms with Crippen LogP contribution in [0.1, 0.15) is 39.3 Å². The summed E-state index contributed by atoms with van der Waals surface area (Å²) in [6, 6.07) is 6.92. The van der Waals surface area contributed by atoms with Gasteiger partial charge in [0.2, 0.25) is 5.91 Å². The molecule has 6 nitrogen and oxygen atoms in total. The van der Waals surface area contributed by atoms with E-state index in [1.165, 1.54) is 11.8 Å². The van der Waals surface area contributed by atoms with E-state index in [1.807, 2.05) is 31.2 Å². The molecule has 26 heavy (non-hydrogen) atoms. The number of amidine groups is 1. The normalized spacial score (nSPS) is 19.6. The van der Waals surface area contributed by atoms with Crippen LogP contribution in [0.25, 0.3) is 0 Å². The molecule has 1 saturated heterocycles. The smallest absolute Gasteiger partial charge is 0.338 e. The molecule has 0 radical (unpaired) electrons. The number of rotatable bonds is 5. The van der Waals surface area contributed by atoms with Crippen molar-refractivity contribution in [2.45, 2.75) is 39.8 Å². The summed E-state index contributed by atoms with van der Waals surface area (Å²) in [5, 5.41) is 0.632. The summed E-state index contributed by atoms with van der Waals surface area (Å²) in [5.74, 6) is 0.570. The molecular formula is C19H22N2O4S. The Kier molecular flexibility index (Phi) is 5.36. The number of hydrogen-bond donors (Lipinski definition) is 0. The van der Waals surface area contributed by atoms with E-state index in [0.29, 0.717) is 28.8 Å². The third-order valence-corrected chi connectivity index (χ3v) is 4.99. The van der Waals surface area contributed by atoms with Gasteiger partial charge in [0.25, 0.3) is 0 Å². The lowest BCUT2D eigenvalue weighted by molar-refractivity contribution is -0.143. The van der Waals surface area contributed by atoms with E-state index in [-0.39, 0.29) is 12.0 Å². The Morgan fingerprint density at radius 2 is 2.04 bits per heavy atom. The van der Waals surface area contributed by atoms with Gasteiger partial charge in [-0.3, -0.25) is 9.69 Å². The first-order valence-corrected chi connectivity index (χ1v) is 9.59. The molecule has 1 amide bonds. The number of ether oxygens (including phenoxy) is 2. The van der Waals surface area contributed by atoms with E-state index in [2.05, 4.69) is 4.99 Å². The number of amides is 1. The predicted molar refractivity (Wildman–Crippen MR) is 101 cm³/mol. The third-order valence-electron chi connectivity index (χ3n) is 4.05. The van der Waals surface area contributed by atoms with Gasteiger partial charge < -0.3 is 9.47 Å². The fourth-order valence-electron chi connectivity index (χ4n) is 3.01. The Bertz CT molecular complexity index is 783. The van der Waals surface area contributed by atoms with E-state index >= 15 is 0 Å². The summed E-state index contributed by atoms with van der Waals surface area (Å²) in [5.41, 5.74) is 1.82. The molecule has 138 valence electrons. The second-order valence-corrected chi connectivity index (χ2v) is 7.25. The van der Waals surface area contributed by atoms with Crippen LogP contribution in [-0.4, -0.2) is 40.4 Å². The molecule has 0 bridgehead atoms. The number of hydrogen-bond acceptors (Lipinski definition) is 6. The molecule has 7 heteroatoms. The van der Waals surface area contributed by atoms with Crippen LogP contribution in [-0.2, 0) is 14.3 Å². The van der Waals surface area contributed by atoms with Gasteiger partial charge in [0.15, 0.2) is 5.17 Å². The van der Waals surface area contributed by atoms with Crippen LogP contribution in [0.15, 0.2) is 40.5 Å². The lowest BCUT2D eigenvalue weighted by Crippen LogP contribution is -2.40. The summed E-state index contributed by atoms with van der Waals surface area (Å²) < 4.78 is 10.9. The van der Waals surface area contributed by atoms with Crippen molar-refractivity contribution >= 4 is 28.8 Å². The lowest BCUT2D eigenvalue weighted by Gasteiger charge is -2.33. The summed E-state index contributed by atoms with van der Waals surface area (Å²) in [7, 11) is 0. The van der Waals surface area contributed by atoms with E-state index in [9.17, 15) is 9.59 Å². The van der Waals surface area contributed by atoms with Gasteiger partial charge >= 0.3 is 5.97 Å². The lowest BCUT2D eigenvalue weighted by atomic mass is 9.94. The Morgan fingerprint density at radius 3 is 2.65 bits per heavy atom. The number of nitrogens with zero attached hydrogens (tertiary/aromatic N) is 2. The van der Waals surface area contributed by atoms with Crippen LogP contribution in [0.4, 0.5) is 0 Å². The SMILES string of the molecule is CCOc1ccc([C@@H]2C(C(=O)OC(C)C)=C(C)N=C3SCC(=O)N32)cc1. The highest BCUT2D eigenvalue weighted by Crippen LogP contribution is 2.41. The molecule has 1 atom stereocenters. The number of allylic oxidation sites excluding steroid dienone is 1. The highest BCUT2D eigenvalue weighted by Gasteiger charge is 2.43. The Hall–Kier alpha value is -2.28. The Balaban J connectivity index is 2.05. The van der Waals surface area contributed by atoms with Gasteiger partial charge in [0.1, 0.15) is 5.75 Å². The maximum Gasteiger partial charge on any atom is 0.338 e. The minimum Gasteiger partial charge on any atom is -0.494 e. The zero-order chi connectivity index (χ0) is 18.8. The molecule has 0 unspecified atom stereocenters. The summed E-state index contributed by atoms with van der Waals surface area (Å²) in [6.45, 7) is 7.88. The molecule has 2 aliphatic heterocycles.